The summed E-state index contributed by atoms with van der Waals surface area (Å²) in [6.45, 7) is 6.48. The van der Waals surface area contributed by atoms with Gasteiger partial charge in [-0.1, -0.05) is 30.3 Å². The van der Waals surface area contributed by atoms with Gasteiger partial charge in [-0.05, 0) is 18.6 Å². The van der Waals surface area contributed by atoms with Gasteiger partial charge < -0.3 is 9.64 Å². The molecule has 0 amide bonds. The molecule has 2 saturated heterocycles. The maximum atomic E-state index is 5.90. The quantitative estimate of drug-likeness (QED) is 0.849. The van der Waals surface area contributed by atoms with Crippen molar-refractivity contribution in [3.63, 3.8) is 0 Å². The van der Waals surface area contributed by atoms with Gasteiger partial charge in [0, 0.05) is 31.5 Å². The van der Waals surface area contributed by atoms with Crippen LogP contribution < -0.4 is 4.90 Å². The van der Waals surface area contributed by atoms with Crippen molar-refractivity contribution in [2.24, 2.45) is 0 Å². The Bertz CT molecular complexity index is 663. The van der Waals surface area contributed by atoms with Gasteiger partial charge in [0.2, 0.25) is 5.95 Å². The van der Waals surface area contributed by atoms with E-state index in [-0.39, 0.29) is 0 Å². The number of ether oxygens (including phenoxy) is 1. The predicted molar refractivity (Wildman–Crippen MR) is 89.5 cm³/mol. The van der Waals surface area contributed by atoms with Gasteiger partial charge in [-0.3, -0.25) is 4.90 Å². The summed E-state index contributed by atoms with van der Waals surface area (Å²) in [5.41, 5.74) is 2.36. The fourth-order valence-electron chi connectivity index (χ4n) is 3.57. The molecular weight excluding hydrogens is 288 g/mol. The Morgan fingerprint density at radius 2 is 1.96 bits per heavy atom. The van der Waals surface area contributed by atoms with E-state index in [9.17, 15) is 0 Å². The lowest BCUT2D eigenvalue weighted by Crippen LogP contribution is -2.59. The first-order valence-electron chi connectivity index (χ1n) is 8.24. The molecule has 2 aliphatic rings. The fourth-order valence-corrected chi connectivity index (χ4v) is 3.57. The van der Waals surface area contributed by atoms with Crippen LogP contribution in [0.3, 0.4) is 0 Å². The van der Waals surface area contributed by atoms with E-state index in [4.69, 9.17) is 4.74 Å². The Morgan fingerprint density at radius 1 is 1.09 bits per heavy atom. The van der Waals surface area contributed by atoms with Crippen LogP contribution in [0.4, 0.5) is 5.95 Å². The van der Waals surface area contributed by atoms with Crippen molar-refractivity contribution in [2.45, 2.75) is 19.0 Å². The van der Waals surface area contributed by atoms with E-state index in [1.54, 1.807) is 0 Å². The minimum Gasteiger partial charge on any atom is -0.378 e. The molecule has 5 nitrogen and oxygen atoms in total. The molecular formula is C18H22N4O. The summed E-state index contributed by atoms with van der Waals surface area (Å²) >= 11 is 0. The Kier molecular flexibility index (Phi) is 3.97. The van der Waals surface area contributed by atoms with Gasteiger partial charge in [-0.25, -0.2) is 9.97 Å². The molecule has 2 atom stereocenters. The molecule has 0 aliphatic carbocycles. The van der Waals surface area contributed by atoms with E-state index < -0.39 is 0 Å². The number of morpholine rings is 1. The summed E-state index contributed by atoms with van der Waals surface area (Å²) < 4.78 is 5.90. The van der Waals surface area contributed by atoms with Crippen molar-refractivity contribution in [3.8, 4) is 0 Å². The summed E-state index contributed by atoms with van der Waals surface area (Å²) in [6.07, 6.45) is 1.84. The number of anilines is 1. The SMILES string of the molecule is Cc1ccnc(N2CCN3[C@@H](COC[C@@H]3c3ccccc3)C2)n1. The number of piperazine rings is 1. The highest BCUT2D eigenvalue weighted by molar-refractivity contribution is 5.32. The van der Waals surface area contributed by atoms with Gasteiger partial charge >= 0.3 is 0 Å². The predicted octanol–water partition coefficient (Wildman–Crippen LogP) is 2.05. The molecule has 2 fully saturated rings. The summed E-state index contributed by atoms with van der Waals surface area (Å²) in [4.78, 5) is 13.9. The standard InChI is InChI=1S/C18H22N4O/c1-14-7-8-19-18(20-14)21-9-10-22-16(11-21)12-23-13-17(22)15-5-3-2-4-6-15/h2-8,16-17H,9-13H2,1H3/t16-,17-/m1/s1. The third-order valence-electron chi connectivity index (χ3n) is 4.76. The first-order valence-corrected chi connectivity index (χ1v) is 8.24. The smallest absolute Gasteiger partial charge is 0.225 e. The molecule has 4 rings (SSSR count). The van der Waals surface area contributed by atoms with Crippen molar-refractivity contribution in [1.82, 2.24) is 14.9 Å². The van der Waals surface area contributed by atoms with Crippen molar-refractivity contribution < 1.29 is 4.74 Å². The molecule has 3 heterocycles. The third kappa shape index (κ3) is 2.94. The molecule has 0 bridgehead atoms. The molecule has 2 aromatic rings. The lowest BCUT2D eigenvalue weighted by Gasteiger charge is -2.48. The second kappa shape index (κ2) is 6.26. The monoisotopic (exact) mass is 310 g/mol. The first kappa shape index (κ1) is 14.6. The van der Waals surface area contributed by atoms with Crippen LogP contribution in [0.15, 0.2) is 42.6 Å². The van der Waals surface area contributed by atoms with Gasteiger partial charge in [0.1, 0.15) is 0 Å². The zero-order valence-corrected chi connectivity index (χ0v) is 13.4. The summed E-state index contributed by atoms with van der Waals surface area (Å²) in [6, 6.07) is 13.4. The third-order valence-corrected chi connectivity index (χ3v) is 4.76. The van der Waals surface area contributed by atoms with Crippen LogP contribution in [0, 0.1) is 6.92 Å². The molecule has 0 unspecified atom stereocenters. The maximum Gasteiger partial charge on any atom is 0.225 e. The number of benzene rings is 1. The average molecular weight is 310 g/mol. The summed E-state index contributed by atoms with van der Waals surface area (Å²) in [5.74, 6) is 0.839. The zero-order chi connectivity index (χ0) is 15.6. The van der Waals surface area contributed by atoms with Gasteiger partial charge in [0.15, 0.2) is 0 Å². The number of hydrogen-bond donors (Lipinski definition) is 0. The Morgan fingerprint density at radius 3 is 2.78 bits per heavy atom. The summed E-state index contributed by atoms with van der Waals surface area (Å²) in [7, 11) is 0. The van der Waals surface area contributed by atoms with Crippen molar-refractivity contribution in [1.29, 1.82) is 0 Å². The highest BCUT2D eigenvalue weighted by atomic mass is 16.5. The van der Waals surface area contributed by atoms with Crippen LogP contribution in [0.25, 0.3) is 0 Å². The van der Waals surface area contributed by atoms with E-state index in [1.807, 2.05) is 19.2 Å². The highest BCUT2D eigenvalue weighted by Gasteiger charge is 2.36. The molecule has 1 aromatic carbocycles. The number of fused-ring (bicyclic) bond motifs is 1. The zero-order valence-electron chi connectivity index (χ0n) is 13.4. The molecule has 0 N–H and O–H groups in total. The van der Waals surface area contributed by atoms with Crippen molar-refractivity contribution in [2.75, 3.05) is 37.7 Å². The van der Waals surface area contributed by atoms with Crippen molar-refractivity contribution in [3.05, 3.63) is 53.9 Å². The number of aromatic nitrogens is 2. The van der Waals surface area contributed by atoms with Gasteiger partial charge in [0.25, 0.3) is 0 Å². The Labute approximate surface area is 136 Å². The van der Waals surface area contributed by atoms with E-state index in [0.717, 1.165) is 44.5 Å². The number of hydrogen-bond acceptors (Lipinski definition) is 5. The Hall–Kier alpha value is -1.98. The highest BCUT2D eigenvalue weighted by Crippen LogP contribution is 2.30. The molecule has 1 aromatic heterocycles. The van der Waals surface area contributed by atoms with Crippen LogP contribution in [-0.4, -0.2) is 53.8 Å². The number of aryl methyl sites for hydroxylation is 1. The first-order chi connectivity index (χ1) is 11.3. The topological polar surface area (TPSA) is 41.5 Å². The maximum absolute atomic E-state index is 5.90. The summed E-state index contributed by atoms with van der Waals surface area (Å²) in [5, 5.41) is 0. The Balaban J connectivity index is 1.52. The molecule has 0 saturated carbocycles. The van der Waals surface area contributed by atoms with E-state index >= 15 is 0 Å². The molecule has 23 heavy (non-hydrogen) atoms. The normalized spacial score (nSPS) is 25.2. The van der Waals surface area contributed by atoms with E-state index in [2.05, 4.69) is 50.1 Å². The molecule has 5 heteroatoms. The minimum atomic E-state index is 0.357. The van der Waals surface area contributed by atoms with Crippen molar-refractivity contribution >= 4 is 5.95 Å². The largest absolute Gasteiger partial charge is 0.378 e. The van der Waals surface area contributed by atoms with Crippen LogP contribution >= 0.6 is 0 Å². The van der Waals surface area contributed by atoms with Gasteiger partial charge in [-0.15, -0.1) is 0 Å². The van der Waals surface area contributed by atoms with Gasteiger partial charge in [0.05, 0.1) is 25.3 Å². The van der Waals surface area contributed by atoms with E-state index in [1.165, 1.54) is 5.56 Å². The second-order valence-electron chi connectivity index (χ2n) is 6.30. The van der Waals surface area contributed by atoms with Crippen LogP contribution in [0.5, 0.6) is 0 Å². The van der Waals surface area contributed by atoms with Crippen LogP contribution in [0.2, 0.25) is 0 Å². The molecule has 0 radical (unpaired) electrons. The lowest BCUT2D eigenvalue weighted by molar-refractivity contribution is -0.0548. The van der Waals surface area contributed by atoms with Crippen LogP contribution in [-0.2, 0) is 4.74 Å². The molecule has 120 valence electrons. The molecule has 2 aliphatic heterocycles. The van der Waals surface area contributed by atoms with Crippen LogP contribution in [0.1, 0.15) is 17.3 Å². The average Bonchev–Trinajstić information content (AvgIpc) is 2.61. The number of rotatable bonds is 2. The minimum absolute atomic E-state index is 0.357. The second-order valence-corrected chi connectivity index (χ2v) is 6.30. The van der Waals surface area contributed by atoms with E-state index in [0.29, 0.717) is 12.1 Å². The molecule has 0 spiro atoms. The van der Waals surface area contributed by atoms with Gasteiger partial charge in [-0.2, -0.15) is 0 Å². The number of nitrogens with zero attached hydrogens (tertiary/aromatic N) is 4. The fraction of sp³-hybridized carbons (Fsp3) is 0.444. The lowest BCUT2D eigenvalue weighted by atomic mass is 10.0.